The van der Waals surface area contributed by atoms with Gasteiger partial charge in [-0.2, -0.15) is 5.26 Å². The van der Waals surface area contributed by atoms with Crippen molar-refractivity contribution < 1.29 is 4.74 Å². The van der Waals surface area contributed by atoms with Gasteiger partial charge < -0.3 is 9.64 Å². The van der Waals surface area contributed by atoms with Gasteiger partial charge >= 0.3 is 0 Å². The smallest absolute Gasteiger partial charge is 0.137 e. The predicted molar refractivity (Wildman–Crippen MR) is 80.7 cm³/mol. The van der Waals surface area contributed by atoms with E-state index < -0.39 is 0 Å². The zero-order chi connectivity index (χ0) is 14.2. The minimum Gasteiger partial charge on any atom is -0.492 e. The topological polar surface area (TPSA) is 36.3 Å². The van der Waals surface area contributed by atoms with Gasteiger partial charge in [0.05, 0.1) is 12.2 Å². The summed E-state index contributed by atoms with van der Waals surface area (Å²) in [5, 5.41) is 8.99. The molecule has 20 heavy (non-hydrogen) atoms. The molecule has 0 saturated carbocycles. The highest BCUT2D eigenvalue weighted by Gasteiger charge is 2.20. The first-order valence-electron chi connectivity index (χ1n) is 7.67. The first-order valence-corrected chi connectivity index (χ1v) is 7.67. The molecule has 1 atom stereocenters. The average molecular weight is 272 g/mol. The summed E-state index contributed by atoms with van der Waals surface area (Å²) in [5.74, 6) is 1.61. The van der Waals surface area contributed by atoms with Gasteiger partial charge in [0.15, 0.2) is 0 Å². The standard InChI is InChI=1S/C17H24N2O/c1-2-6-15-9-11-19(14-15)10-5-12-20-17-8-4-3-7-16(17)13-18/h3-4,7-8,15H,2,5-6,9-12,14H2,1H3. The minimum atomic E-state index is 0.622. The fourth-order valence-electron chi connectivity index (χ4n) is 2.91. The van der Waals surface area contributed by atoms with Gasteiger partial charge in [0.25, 0.3) is 0 Å². The van der Waals surface area contributed by atoms with Crippen molar-refractivity contribution in [3.8, 4) is 11.8 Å². The third-order valence-corrected chi connectivity index (χ3v) is 3.95. The van der Waals surface area contributed by atoms with E-state index in [-0.39, 0.29) is 0 Å². The number of likely N-dealkylation sites (tertiary alicyclic amines) is 1. The van der Waals surface area contributed by atoms with E-state index in [4.69, 9.17) is 10.00 Å². The van der Waals surface area contributed by atoms with E-state index in [2.05, 4.69) is 17.9 Å². The molecule has 0 spiro atoms. The number of benzene rings is 1. The number of ether oxygens (including phenoxy) is 1. The van der Waals surface area contributed by atoms with E-state index in [9.17, 15) is 0 Å². The maximum atomic E-state index is 8.99. The molecular weight excluding hydrogens is 248 g/mol. The number of nitrogens with zero attached hydrogens (tertiary/aromatic N) is 2. The fraction of sp³-hybridized carbons (Fsp3) is 0.588. The molecule has 1 aromatic rings. The molecular formula is C17H24N2O. The van der Waals surface area contributed by atoms with E-state index in [1.807, 2.05) is 18.2 Å². The minimum absolute atomic E-state index is 0.622. The Balaban J connectivity index is 1.66. The molecule has 1 aliphatic heterocycles. The molecule has 0 aromatic heterocycles. The lowest BCUT2D eigenvalue weighted by Gasteiger charge is -2.16. The lowest BCUT2D eigenvalue weighted by molar-refractivity contribution is 0.257. The second-order valence-electron chi connectivity index (χ2n) is 5.55. The van der Waals surface area contributed by atoms with Crippen LogP contribution in [0.15, 0.2) is 24.3 Å². The third-order valence-electron chi connectivity index (χ3n) is 3.95. The van der Waals surface area contributed by atoms with Crippen molar-refractivity contribution in [1.82, 2.24) is 4.90 Å². The summed E-state index contributed by atoms with van der Waals surface area (Å²) in [6.45, 7) is 6.55. The van der Waals surface area contributed by atoms with Gasteiger partial charge in [0.2, 0.25) is 0 Å². The summed E-state index contributed by atoms with van der Waals surface area (Å²) < 4.78 is 5.71. The Bertz CT molecular complexity index is 453. The van der Waals surface area contributed by atoms with E-state index in [1.165, 1.54) is 32.4 Å². The molecule has 1 aromatic carbocycles. The molecule has 0 bridgehead atoms. The number of hydrogen-bond donors (Lipinski definition) is 0. The van der Waals surface area contributed by atoms with Crippen LogP contribution in [0.2, 0.25) is 0 Å². The van der Waals surface area contributed by atoms with Gasteiger partial charge in [-0.05, 0) is 43.9 Å². The third kappa shape index (κ3) is 4.25. The normalized spacial score (nSPS) is 18.9. The van der Waals surface area contributed by atoms with Gasteiger partial charge in [0, 0.05) is 13.1 Å². The molecule has 2 rings (SSSR count). The zero-order valence-corrected chi connectivity index (χ0v) is 12.3. The first-order chi connectivity index (χ1) is 9.83. The van der Waals surface area contributed by atoms with Crippen LogP contribution >= 0.6 is 0 Å². The quantitative estimate of drug-likeness (QED) is 0.713. The lowest BCUT2D eigenvalue weighted by Crippen LogP contribution is -2.23. The maximum Gasteiger partial charge on any atom is 0.137 e. The van der Waals surface area contributed by atoms with Crippen molar-refractivity contribution >= 4 is 0 Å². The van der Waals surface area contributed by atoms with Crippen LogP contribution in [-0.4, -0.2) is 31.1 Å². The lowest BCUT2D eigenvalue weighted by atomic mass is 10.0. The Morgan fingerprint density at radius 2 is 2.25 bits per heavy atom. The van der Waals surface area contributed by atoms with Crippen molar-refractivity contribution in [3.05, 3.63) is 29.8 Å². The molecule has 1 heterocycles. The Kier molecular flexibility index (Phi) is 5.88. The summed E-state index contributed by atoms with van der Waals surface area (Å²) in [6.07, 6.45) is 5.04. The van der Waals surface area contributed by atoms with Crippen molar-refractivity contribution in [2.24, 2.45) is 5.92 Å². The van der Waals surface area contributed by atoms with E-state index in [1.54, 1.807) is 6.07 Å². The number of para-hydroxylation sites is 1. The summed E-state index contributed by atoms with van der Waals surface area (Å²) in [4.78, 5) is 2.54. The Labute approximate surface area is 122 Å². The molecule has 0 N–H and O–H groups in total. The molecule has 3 heteroatoms. The van der Waals surface area contributed by atoms with Gasteiger partial charge in [-0.1, -0.05) is 25.5 Å². The molecule has 1 aliphatic rings. The second-order valence-corrected chi connectivity index (χ2v) is 5.55. The van der Waals surface area contributed by atoms with Gasteiger partial charge in [-0.25, -0.2) is 0 Å². The second kappa shape index (κ2) is 7.91. The van der Waals surface area contributed by atoms with E-state index >= 15 is 0 Å². The van der Waals surface area contributed by atoms with Crippen molar-refractivity contribution in [3.63, 3.8) is 0 Å². The van der Waals surface area contributed by atoms with Gasteiger partial charge in [0.1, 0.15) is 11.8 Å². The molecule has 108 valence electrons. The van der Waals surface area contributed by atoms with Crippen molar-refractivity contribution in [1.29, 1.82) is 5.26 Å². The number of nitriles is 1. The molecule has 1 fully saturated rings. The SMILES string of the molecule is CCCC1CCN(CCCOc2ccccc2C#N)C1. The predicted octanol–water partition coefficient (Wildman–Crippen LogP) is 3.45. The molecule has 0 radical (unpaired) electrons. The highest BCUT2D eigenvalue weighted by molar-refractivity contribution is 5.42. The number of hydrogen-bond acceptors (Lipinski definition) is 3. The van der Waals surface area contributed by atoms with Gasteiger partial charge in [-0.15, -0.1) is 0 Å². The highest BCUT2D eigenvalue weighted by atomic mass is 16.5. The van der Waals surface area contributed by atoms with Crippen LogP contribution < -0.4 is 4.74 Å². The first kappa shape index (κ1) is 14.9. The van der Waals surface area contributed by atoms with Crippen LogP contribution in [0.25, 0.3) is 0 Å². The van der Waals surface area contributed by atoms with Crippen LogP contribution in [0.1, 0.15) is 38.2 Å². The summed E-state index contributed by atoms with van der Waals surface area (Å²) in [7, 11) is 0. The molecule has 0 aliphatic carbocycles. The zero-order valence-electron chi connectivity index (χ0n) is 12.3. The summed E-state index contributed by atoms with van der Waals surface area (Å²) in [5.41, 5.74) is 0.622. The van der Waals surface area contributed by atoms with Crippen molar-refractivity contribution in [2.45, 2.75) is 32.6 Å². The number of rotatable bonds is 7. The summed E-state index contributed by atoms with van der Waals surface area (Å²) in [6, 6.07) is 9.60. The van der Waals surface area contributed by atoms with Crippen LogP contribution in [0.4, 0.5) is 0 Å². The van der Waals surface area contributed by atoms with Crippen LogP contribution in [0.3, 0.4) is 0 Å². The monoisotopic (exact) mass is 272 g/mol. The van der Waals surface area contributed by atoms with Crippen LogP contribution in [-0.2, 0) is 0 Å². The van der Waals surface area contributed by atoms with E-state index in [0.717, 1.165) is 18.9 Å². The molecule has 1 saturated heterocycles. The van der Waals surface area contributed by atoms with Crippen molar-refractivity contribution in [2.75, 3.05) is 26.2 Å². The summed E-state index contributed by atoms with van der Waals surface area (Å²) >= 11 is 0. The highest BCUT2D eigenvalue weighted by Crippen LogP contribution is 2.21. The Morgan fingerprint density at radius 3 is 3.05 bits per heavy atom. The molecule has 0 amide bonds. The largest absolute Gasteiger partial charge is 0.492 e. The maximum absolute atomic E-state index is 8.99. The Morgan fingerprint density at radius 1 is 1.40 bits per heavy atom. The Hall–Kier alpha value is -1.53. The average Bonchev–Trinajstić information content (AvgIpc) is 2.92. The van der Waals surface area contributed by atoms with Crippen LogP contribution in [0.5, 0.6) is 5.75 Å². The van der Waals surface area contributed by atoms with Gasteiger partial charge in [-0.3, -0.25) is 0 Å². The molecule has 1 unspecified atom stereocenters. The van der Waals surface area contributed by atoms with E-state index in [0.29, 0.717) is 17.9 Å². The fourth-order valence-corrected chi connectivity index (χ4v) is 2.91. The molecule has 3 nitrogen and oxygen atoms in total. The van der Waals surface area contributed by atoms with Crippen LogP contribution in [0, 0.1) is 17.2 Å².